The van der Waals surface area contributed by atoms with Crippen molar-refractivity contribution in [1.29, 1.82) is 0 Å². The monoisotopic (exact) mass is 453 g/mol. The number of benzene rings is 3. The number of para-hydroxylation sites is 1. The molecule has 3 aromatic carbocycles. The highest BCUT2D eigenvalue weighted by molar-refractivity contribution is 6.30. The number of carbonyl (C=O) groups is 1. The van der Waals surface area contributed by atoms with Gasteiger partial charge in [-0.25, -0.2) is 10.4 Å². The zero-order chi connectivity index (χ0) is 22.7. The summed E-state index contributed by atoms with van der Waals surface area (Å²) in [6, 6.07) is 20.4. The van der Waals surface area contributed by atoms with Crippen molar-refractivity contribution in [2.75, 3.05) is 0 Å². The predicted octanol–water partition coefficient (Wildman–Crippen LogP) is 6.34. The minimum Gasteiger partial charge on any atom is -0.267 e. The molecule has 1 N–H and O–H groups in total. The Hall–Kier alpha value is -3.71. The summed E-state index contributed by atoms with van der Waals surface area (Å²) in [6.07, 6.45) is -3.13. The highest BCUT2D eigenvalue weighted by Gasteiger charge is 2.29. The quantitative estimate of drug-likeness (QED) is 0.289. The molecule has 4 nitrogen and oxygen atoms in total. The topological polar surface area (TPSA) is 54.4 Å². The van der Waals surface area contributed by atoms with Crippen molar-refractivity contribution in [3.8, 4) is 11.3 Å². The highest BCUT2D eigenvalue weighted by Crippen LogP contribution is 2.29. The lowest BCUT2D eigenvalue weighted by atomic mass is 10.0. The van der Waals surface area contributed by atoms with Gasteiger partial charge in [-0.3, -0.25) is 4.79 Å². The van der Waals surface area contributed by atoms with E-state index in [1.165, 1.54) is 18.3 Å². The maximum Gasteiger partial charge on any atom is 0.416 e. The molecule has 0 spiro atoms. The number of halogens is 4. The zero-order valence-electron chi connectivity index (χ0n) is 16.4. The maximum atomic E-state index is 12.8. The fourth-order valence-electron chi connectivity index (χ4n) is 3.12. The third-order valence-corrected chi connectivity index (χ3v) is 4.97. The van der Waals surface area contributed by atoms with Crippen molar-refractivity contribution < 1.29 is 18.0 Å². The van der Waals surface area contributed by atoms with Gasteiger partial charge in [0.25, 0.3) is 5.91 Å². The number of hydrazone groups is 1. The van der Waals surface area contributed by atoms with Crippen LogP contribution in [0.1, 0.15) is 21.5 Å². The summed E-state index contributed by atoms with van der Waals surface area (Å²) >= 11 is 5.96. The largest absolute Gasteiger partial charge is 0.416 e. The van der Waals surface area contributed by atoms with E-state index < -0.39 is 17.6 Å². The third-order valence-electron chi connectivity index (χ3n) is 4.72. The molecule has 1 heterocycles. The number of hydrogen-bond acceptors (Lipinski definition) is 3. The molecule has 4 rings (SSSR count). The molecule has 0 unspecified atom stereocenters. The van der Waals surface area contributed by atoms with Gasteiger partial charge < -0.3 is 0 Å². The molecule has 0 saturated heterocycles. The fraction of sp³-hybridized carbons (Fsp3) is 0.0417. The van der Waals surface area contributed by atoms with Crippen LogP contribution in [0, 0.1) is 0 Å². The van der Waals surface area contributed by atoms with Crippen LogP contribution in [0.3, 0.4) is 0 Å². The van der Waals surface area contributed by atoms with E-state index in [0.717, 1.165) is 17.7 Å². The van der Waals surface area contributed by atoms with Crippen LogP contribution >= 0.6 is 11.6 Å². The van der Waals surface area contributed by atoms with Gasteiger partial charge in [0.05, 0.1) is 28.6 Å². The molecule has 0 aliphatic heterocycles. The van der Waals surface area contributed by atoms with Crippen LogP contribution in [0.2, 0.25) is 5.02 Å². The number of aromatic nitrogens is 1. The number of pyridine rings is 1. The van der Waals surface area contributed by atoms with Crippen LogP contribution in [0.5, 0.6) is 0 Å². The summed E-state index contributed by atoms with van der Waals surface area (Å²) in [5.41, 5.74) is 4.49. The van der Waals surface area contributed by atoms with E-state index in [9.17, 15) is 18.0 Å². The first-order chi connectivity index (χ1) is 15.3. The van der Waals surface area contributed by atoms with Gasteiger partial charge in [-0.1, -0.05) is 54.1 Å². The number of hydrogen-bond donors (Lipinski definition) is 1. The fourth-order valence-corrected chi connectivity index (χ4v) is 3.24. The molecule has 0 atom stereocenters. The van der Waals surface area contributed by atoms with E-state index in [0.29, 0.717) is 32.7 Å². The Bertz CT molecular complexity index is 1300. The van der Waals surface area contributed by atoms with E-state index in [4.69, 9.17) is 11.6 Å². The second-order valence-electron chi connectivity index (χ2n) is 6.90. The van der Waals surface area contributed by atoms with Crippen LogP contribution in [0.4, 0.5) is 13.2 Å². The number of alkyl halides is 3. The standard InChI is InChI=1S/C24H15ClF3N3O/c25-18-11-7-16(8-12-18)22-13-20(19-3-1-2-4-21(19)30-22)23(32)31-29-14-15-5-9-17(10-6-15)24(26,27)28/h1-14H,(H,31,32)/b29-14-. The minimum absolute atomic E-state index is 0.366. The Labute approximate surface area is 186 Å². The Morgan fingerprint density at radius 3 is 2.34 bits per heavy atom. The maximum absolute atomic E-state index is 12.8. The Balaban J connectivity index is 1.60. The van der Waals surface area contributed by atoms with Gasteiger partial charge in [-0.15, -0.1) is 0 Å². The average Bonchev–Trinajstić information content (AvgIpc) is 2.78. The van der Waals surface area contributed by atoms with E-state index in [2.05, 4.69) is 15.5 Å². The van der Waals surface area contributed by atoms with Gasteiger partial charge in [0.1, 0.15) is 0 Å². The van der Waals surface area contributed by atoms with Crippen LogP contribution < -0.4 is 5.43 Å². The third kappa shape index (κ3) is 4.78. The normalized spacial score (nSPS) is 11.8. The molecule has 0 aliphatic carbocycles. The number of rotatable bonds is 4. The van der Waals surface area contributed by atoms with Crippen molar-refractivity contribution in [2.45, 2.75) is 6.18 Å². The number of amides is 1. The second kappa shape index (κ2) is 8.80. The van der Waals surface area contributed by atoms with Crippen molar-refractivity contribution in [3.05, 3.63) is 101 Å². The first kappa shape index (κ1) is 21.5. The summed E-state index contributed by atoms with van der Waals surface area (Å²) in [5.74, 6) is -0.470. The van der Waals surface area contributed by atoms with Crippen molar-refractivity contribution in [2.24, 2.45) is 5.10 Å². The molecule has 32 heavy (non-hydrogen) atoms. The van der Waals surface area contributed by atoms with Gasteiger partial charge in [0, 0.05) is 16.0 Å². The number of carbonyl (C=O) groups excluding carboxylic acids is 1. The van der Waals surface area contributed by atoms with Crippen LogP contribution in [0.15, 0.2) is 84.0 Å². The Kier molecular flexibility index (Phi) is 5.92. The van der Waals surface area contributed by atoms with E-state index in [-0.39, 0.29) is 0 Å². The summed E-state index contributed by atoms with van der Waals surface area (Å²) < 4.78 is 38.0. The lowest BCUT2D eigenvalue weighted by Gasteiger charge is -2.09. The summed E-state index contributed by atoms with van der Waals surface area (Å²) in [7, 11) is 0. The van der Waals surface area contributed by atoms with Gasteiger partial charge in [0.2, 0.25) is 0 Å². The molecule has 8 heteroatoms. The number of fused-ring (bicyclic) bond motifs is 1. The van der Waals surface area contributed by atoms with Crippen LogP contribution in [0.25, 0.3) is 22.2 Å². The molecular formula is C24H15ClF3N3O. The van der Waals surface area contributed by atoms with Gasteiger partial charge in [0.15, 0.2) is 0 Å². The van der Waals surface area contributed by atoms with Crippen molar-refractivity contribution in [1.82, 2.24) is 10.4 Å². The summed E-state index contributed by atoms with van der Waals surface area (Å²) in [4.78, 5) is 17.5. The molecule has 4 aromatic rings. The molecular weight excluding hydrogens is 439 g/mol. The number of nitrogens with zero attached hydrogens (tertiary/aromatic N) is 2. The van der Waals surface area contributed by atoms with Crippen molar-refractivity contribution in [3.63, 3.8) is 0 Å². The molecule has 0 aliphatic rings. The zero-order valence-corrected chi connectivity index (χ0v) is 17.2. The van der Waals surface area contributed by atoms with E-state index >= 15 is 0 Å². The second-order valence-corrected chi connectivity index (χ2v) is 7.33. The predicted molar refractivity (Wildman–Crippen MR) is 119 cm³/mol. The highest BCUT2D eigenvalue weighted by atomic mass is 35.5. The lowest BCUT2D eigenvalue weighted by molar-refractivity contribution is -0.137. The van der Waals surface area contributed by atoms with Gasteiger partial charge in [-0.05, 0) is 42.0 Å². The average molecular weight is 454 g/mol. The molecule has 0 radical (unpaired) electrons. The molecule has 0 fully saturated rings. The van der Waals surface area contributed by atoms with Crippen molar-refractivity contribution >= 4 is 34.6 Å². The molecule has 0 saturated carbocycles. The Morgan fingerprint density at radius 2 is 1.66 bits per heavy atom. The van der Waals surface area contributed by atoms with Crippen LogP contribution in [-0.4, -0.2) is 17.1 Å². The molecule has 1 aromatic heterocycles. The molecule has 160 valence electrons. The smallest absolute Gasteiger partial charge is 0.267 e. The lowest BCUT2D eigenvalue weighted by Crippen LogP contribution is -2.18. The van der Waals surface area contributed by atoms with E-state index in [1.807, 2.05) is 18.2 Å². The molecule has 1 amide bonds. The van der Waals surface area contributed by atoms with Gasteiger partial charge in [-0.2, -0.15) is 18.3 Å². The first-order valence-corrected chi connectivity index (χ1v) is 9.85. The minimum atomic E-state index is -4.41. The SMILES string of the molecule is O=C(N/N=C\c1ccc(C(F)(F)F)cc1)c1cc(-c2ccc(Cl)cc2)nc2ccccc12. The summed E-state index contributed by atoms with van der Waals surface area (Å²) in [6.45, 7) is 0. The van der Waals surface area contributed by atoms with Gasteiger partial charge >= 0.3 is 6.18 Å². The number of nitrogens with one attached hydrogen (secondary N) is 1. The first-order valence-electron chi connectivity index (χ1n) is 9.48. The van der Waals surface area contributed by atoms with Crippen LogP contribution in [-0.2, 0) is 6.18 Å². The molecule has 0 bridgehead atoms. The Morgan fingerprint density at radius 1 is 0.969 bits per heavy atom. The van der Waals surface area contributed by atoms with E-state index in [1.54, 1.807) is 36.4 Å². The summed E-state index contributed by atoms with van der Waals surface area (Å²) in [5, 5.41) is 5.12.